The van der Waals surface area contributed by atoms with Crippen molar-refractivity contribution in [2.75, 3.05) is 0 Å². The minimum absolute atomic E-state index is 1.03. The van der Waals surface area contributed by atoms with Crippen molar-refractivity contribution in [1.82, 2.24) is 9.97 Å². The molecule has 2 aromatic rings. The third-order valence-corrected chi connectivity index (χ3v) is 3.66. The van der Waals surface area contributed by atoms with E-state index in [-0.39, 0.29) is 0 Å². The predicted octanol–water partition coefficient (Wildman–Crippen LogP) is 3.75. The van der Waals surface area contributed by atoms with Crippen LogP contribution in [0.5, 0.6) is 0 Å². The second-order valence-electron chi connectivity index (χ2n) is 4.66. The Morgan fingerprint density at radius 2 is 1.56 bits per heavy atom. The van der Waals surface area contributed by atoms with Crippen LogP contribution < -0.4 is 0 Å². The van der Waals surface area contributed by atoms with Crippen molar-refractivity contribution in [3.05, 3.63) is 28.1 Å². The van der Waals surface area contributed by atoms with Gasteiger partial charge in [0, 0.05) is 6.42 Å². The molecule has 0 aliphatic heterocycles. The zero-order chi connectivity index (χ0) is 11.9. The van der Waals surface area contributed by atoms with Gasteiger partial charge in [0.2, 0.25) is 0 Å². The highest BCUT2D eigenvalue weighted by molar-refractivity contribution is 5.84. The van der Waals surface area contributed by atoms with Gasteiger partial charge in [0.25, 0.3) is 0 Å². The molecule has 1 aromatic carbocycles. The van der Waals surface area contributed by atoms with Crippen molar-refractivity contribution in [1.29, 1.82) is 0 Å². The van der Waals surface area contributed by atoms with Gasteiger partial charge in [-0.1, -0.05) is 6.92 Å². The standard InChI is InChI=1S/C14H20N2/c1-6-7-12-15-13-10(4)8(2)9(3)11(5)14(13)16-12/h6-7H2,1-5H3,(H,15,16). The third-order valence-electron chi connectivity index (χ3n) is 3.66. The van der Waals surface area contributed by atoms with Crippen LogP contribution >= 0.6 is 0 Å². The minimum Gasteiger partial charge on any atom is -0.342 e. The number of aryl methyl sites for hydroxylation is 3. The van der Waals surface area contributed by atoms with E-state index in [1.54, 1.807) is 0 Å². The number of hydrogen-bond acceptors (Lipinski definition) is 1. The van der Waals surface area contributed by atoms with E-state index in [2.05, 4.69) is 39.6 Å². The molecule has 0 spiro atoms. The van der Waals surface area contributed by atoms with Gasteiger partial charge in [-0.25, -0.2) is 4.98 Å². The van der Waals surface area contributed by atoms with Crippen LogP contribution in [-0.2, 0) is 6.42 Å². The van der Waals surface area contributed by atoms with Gasteiger partial charge in [-0.2, -0.15) is 0 Å². The van der Waals surface area contributed by atoms with Gasteiger partial charge in [-0.05, 0) is 56.4 Å². The average Bonchev–Trinajstić information content (AvgIpc) is 2.68. The van der Waals surface area contributed by atoms with Crippen molar-refractivity contribution in [3.63, 3.8) is 0 Å². The lowest BCUT2D eigenvalue weighted by molar-refractivity contribution is 0.861. The smallest absolute Gasteiger partial charge is 0.107 e. The lowest BCUT2D eigenvalue weighted by Crippen LogP contribution is -1.92. The maximum Gasteiger partial charge on any atom is 0.107 e. The molecule has 0 fully saturated rings. The van der Waals surface area contributed by atoms with E-state index in [9.17, 15) is 0 Å². The van der Waals surface area contributed by atoms with Crippen LogP contribution in [0.1, 0.15) is 41.4 Å². The molecule has 0 amide bonds. The molecule has 0 unspecified atom stereocenters. The van der Waals surface area contributed by atoms with E-state index in [0.717, 1.165) is 24.2 Å². The Labute approximate surface area is 97.1 Å². The van der Waals surface area contributed by atoms with Crippen LogP contribution in [0, 0.1) is 27.7 Å². The number of rotatable bonds is 2. The first kappa shape index (κ1) is 11.2. The van der Waals surface area contributed by atoms with Crippen molar-refractivity contribution in [3.8, 4) is 0 Å². The first-order valence-electron chi connectivity index (χ1n) is 6.01. The van der Waals surface area contributed by atoms with Crippen LogP contribution in [0.4, 0.5) is 0 Å². The Morgan fingerprint density at radius 3 is 2.19 bits per heavy atom. The van der Waals surface area contributed by atoms with E-state index in [4.69, 9.17) is 4.98 Å². The highest BCUT2D eigenvalue weighted by Gasteiger charge is 2.12. The van der Waals surface area contributed by atoms with Crippen molar-refractivity contribution < 1.29 is 0 Å². The lowest BCUT2D eigenvalue weighted by Gasteiger charge is -2.09. The Kier molecular flexibility index (Phi) is 2.75. The molecule has 1 N–H and O–H groups in total. The number of nitrogens with one attached hydrogen (secondary N) is 1. The van der Waals surface area contributed by atoms with Gasteiger partial charge >= 0.3 is 0 Å². The van der Waals surface area contributed by atoms with Crippen molar-refractivity contribution >= 4 is 11.0 Å². The maximum absolute atomic E-state index is 4.71. The van der Waals surface area contributed by atoms with Crippen LogP contribution in [-0.4, -0.2) is 9.97 Å². The highest BCUT2D eigenvalue weighted by atomic mass is 14.9. The maximum atomic E-state index is 4.71. The number of benzene rings is 1. The number of fused-ring (bicyclic) bond motifs is 1. The Hall–Kier alpha value is -1.31. The monoisotopic (exact) mass is 216 g/mol. The fourth-order valence-electron chi connectivity index (χ4n) is 2.25. The molecule has 0 atom stereocenters. The molecule has 0 saturated carbocycles. The second-order valence-corrected chi connectivity index (χ2v) is 4.66. The predicted molar refractivity (Wildman–Crippen MR) is 69.0 cm³/mol. The number of aromatic amines is 1. The molecule has 2 nitrogen and oxygen atoms in total. The summed E-state index contributed by atoms with van der Waals surface area (Å²) < 4.78 is 0. The summed E-state index contributed by atoms with van der Waals surface area (Å²) in [4.78, 5) is 8.17. The molecule has 0 bridgehead atoms. The van der Waals surface area contributed by atoms with Crippen LogP contribution in [0.15, 0.2) is 0 Å². The molecule has 0 aliphatic carbocycles. The topological polar surface area (TPSA) is 28.7 Å². The summed E-state index contributed by atoms with van der Waals surface area (Å²) in [6, 6.07) is 0. The molecule has 0 aliphatic rings. The van der Waals surface area contributed by atoms with Gasteiger partial charge in [0.1, 0.15) is 5.82 Å². The summed E-state index contributed by atoms with van der Waals surface area (Å²) in [5.41, 5.74) is 7.80. The fourth-order valence-corrected chi connectivity index (χ4v) is 2.25. The molecule has 2 rings (SSSR count). The zero-order valence-corrected chi connectivity index (χ0v) is 10.9. The fraction of sp³-hybridized carbons (Fsp3) is 0.500. The average molecular weight is 216 g/mol. The lowest BCUT2D eigenvalue weighted by atomic mass is 9.98. The van der Waals surface area contributed by atoms with Crippen molar-refractivity contribution in [2.24, 2.45) is 0 Å². The number of nitrogens with zero attached hydrogens (tertiary/aromatic N) is 1. The molecule has 0 saturated heterocycles. The summed E-state index contributed by atoms with van der Waals surface area (Å²) in [5.74, 6) is 1.12. The SMILES string of the molecule is CCCc1nc2c(C)c(C)c(C)c(C)c2[nH]1. The summed E-state index contributed by atoms with van der Waals surface area (Å²) in [6.07, 6.45) is 2.17. The second kappa shape index (κ2) is 3.93. The Morgan fingerprint density at radius 1 is 0.938 bits per heavy atom. The van der Waals surface area contributed by atoms with E-state index >= 15 is 0 Å². The van der Waals surface area contributed by atoms with Crippen molar-refractivity contribution in [2.45, 2.75) is 47.5 Å². The molecule has 1 aromatic heterocycles. The Bertz CT molecular complexity index is 490. The van der Waals surface area contributed by atoms with Gasteiger partial charge in [0.15, 0.2) is 0 Å². The minimum atomic E-state index is 1.03. The number of imidazole rings is 1. The summed E-state index contributed by atoms with van der Waals surface area (Å²) in [7, 11) is 0. The van der Waals surface area contributed by atoms with E-state index in [0.29, 0.717) is 0 Å². The van der Waals surface area contributed by atoms with E-state index < -0.39 is 0 Å². The molecule has 16 heavy (non-hydrogen) atoms. The van der Waals surface area contributed by atoms with Crippen LogP contribution in [0.2, 0.25) is 0 Å². The first-order chi connectivity index (χ1) is 7.56. The molecule has 86 valence electrons. The molecule has 0 radical (unpaired) electrons. The number of aromatic nitrogens is 2. The molecular weight excluding hydrogens is 196 g/mol. The van der Waals surface area contributed by atoms with E-state index in [1.807, 2.05) is 0 Å². The van der Waals surface area contributed by atoms with Gasteiger partial charge < -0.3 is 4.98 Å². The molecular formula is C14H20N2. The number of H-pyrrole nitrogens is 1. The van der Waals surface area contributed by atoms with E-state index in [1.165, 1.54) is 27.8 Å². The normalized spacial score (nSPS) is 11.3. The summed E-state index contributed by atoms with van der Waals surface area (Å²) in [5, 5.41) is 0. The number of hydrogen-bond donors (Lipinski definition) is 1. The van der Waals surface area contributed by atoms with Crippen LogP contribution in [0.25, 0.3) is 11.0 Å². The third kappa shape index (κ3) is 1.53. The summed E-state index contributed by atoms with van der Waals surface area (Å²) in [6.45, 7) is 10.9. The highest BCUT2D eigenvalue weighted by Crippen LogP contribution is 2.27. The van der Waals surface area contributed by atoms with Gasteiger partial charge in [-0.15, -0.1) is 0 Å². The molecule has 2 heteroatoms. The van der Waals surface area contributed by atoms with Gasteiger partial charge in [0.05, 0.1) is 11.0 Å². The Balaban J connectivity index is 2.76. The molecule has 1 heterocycles. The van der Waals surface area contributed by atoms with Gasteiger partial charge in [-0.3, -0.25) is 0 Å². The quantitative estimate of drug-likeness (QED) is 0.813. The summed E-state index contributed by atoms with van der Waals surface area (Å²) >= 11 is 0. The van der Waals surface area contributed by atoms with Crippen LogP contribution in [0.3, 0.4) is 0 Å². The largest absolute Gasteiger partial charge is 0.342 e. The zero-order valence-electron chi connectivity index (χ0n) is 10.9. The first-order valence-corrected chi connectivity index (χ1v) is 6.01.